The van der Waals surface area contributed by atoms with E-state index in [1.807, 2.05) is 31.7 Å². The number of hydrogen-bond donors (Lipinski definition) is 0. The molecule has 1 aromatic rings. The van der Waals surface area contributed by atoms with Gasteiger partial charge in [0.05, 0.1) is 37.6 Å². The van der Waals surface area contributed by atoms with Gasteiger partial charge < -0.3 is 19.3 Å². The van der Waals surface area contributed by atoms with Gasteiger partial charge in [-0.1, -0.05) is 19.1 Å². The largest absolute Gasteiger partial charge is 0.383 e. The van der Waals surface area contributed by atoms with E-state index in [9.17, 15) is 8.78 Å². The zero-order valence-electron chi connectivity index (χ0n) is 20.2. The Morgan fingerprint density at radius 1 is 1.27 bits per heavy atom. The normalized spacial score (nSPS) is 20.2. The van der Waals surface area contributed by atoms with Gasteiger partial charge in [-0.25, -0.2) is 13.8 Å². The summed E-state index contributed by atoms with van der Waals surface area (Å²) in [6, 6.07) is 1.94. The van der Waals surface area contributed by atoms with Gasteiger partial charge in [-0.05, 0) is 33.6 Å². The van der Waals surface area contributed by atoms with Crippen LogP contribution < -0.4 is 9.80 Å². The second-order valence-electron chi connectivity index (χ2n) is 8.32. The number of likely N-dealkylation sites (N-methyl/N-ethyl adjacent to an activating group) is 1. The number of ether oxygens (including phenoxy) is 2. The van der Waals surface area contributed by atoms with Crippen LogP contribution in [0.5, 0.6) is 0 Å². The van der Waals surface area contributed by atoms with E-state index in [2.05, 4.69) is 16.8 Å². The van der Waals surface area contributed by atoms with Crippen molar-refractivity contribution in [3.8, 4) is 0 Å². The van der Waals surface area contributed by atoms with Crippen LogP contribution in [0, 0.1) is 0 Å². The summed E-state index contributed by atoms with van der Waals surface area (Å²) in [6.07, 6.45) is 2.10. The first-order valence-corrected chi connectivity index (χ1v) is 11.6. The maximum absolute atomic E-state index is 14.1. The van der Waals surface area contributed by atoms with Gasteiger partial charge in [0.15, 0.2) is 0 Å². The van der Waals surface area contributed by atoms with Gasteiger partial charge in [0.1, 0.15) is 11.5 Å². The zero-order valence-corrected chi connectivity index (χ0v) is 20.2. The summed E-state index contributed by atoms with van der Waals surface area (Å²) >= 11 is 0. The molecule has 3 heterocycles. The second-order valence-corrected chi connectivity index (χ2v) is 8.32. The van der Waals surface area contributed by atoms with E-state index in [0.717, 1.165) is 0 Å². The molecule has 1 fully saturated rings. The summed E-state index contributed by atoms with van der Waals surface area (Å²) in [5.74, 6) is 1.20. The van der Waals surface area contributed by atoms with Crippen LogP contribution in [0.1, 0.15) is 46.2 Å². The molecule has 3 rings (SSSR count). The molecule has 9 heteroatoms. The molecule has 2 aliphatic rings. The summed E-state index contributed by atoms with van der Waals surface area (Å²) in [5.41, 5.74) is 1.25. The van der Waals surface area contributed by atoms with E-state index in [1.54, 1.807) is 19.3 Å². The number of halogens is 2. The van der Waals surface area contributed by atoms with Crippen molar-refractivity contribution in [3.63, 3.8) is 0 Å². The van der Waals surface area contributed by atoms with Gasteiger partial charge in [-0.2, -0.15) is 4.98 Å². The fourth-order valence-electron chi connectivity index (χ4n) is 4.19. The van der Waals surface area contributed by atoms with Crippen molar-refractivity contribution in [2.45, 2.75) is 59.0 Å². The minimum absolute atomic E-state index is 0.0184. The first kappa shape index (κ1) is 25.2. The van der Waals surface area contributed by atoms with Crippen LogP contribution in [0.15, 0.2) is 28.9 Å². The number of hydrogen-bond acceptors (Lipinski definition) is 7. The molecule has 1 saturated heterocycles. The Labute approximate surface area is 195 Å². The third-order valence-electron chi connectivity index (χ3n) is 5.96. The molecule has 0 amide bonds. The molecular formula is C24H35F2N5O2. The summed E-state index contributed by atoms with van der Waals surface area (Å²) in [6.45, 7) is 11.1. The molecule has 182 valence electrons. The van der Waals surface area contributed by atoms with Gasteiger partial charge in [-0.3, -0.25) is 4.99 Å². The lowest BCUT2D eigenvalue weighted by atomic mass is 10.1. The highest BCUT2D eigenvalue weighted by molar-refractivity contribution is 6.25. The molecule has 0 N–H and O–H groups in total. The molecule has 0 spiro atoms. The number of aromatic nitrogens is 2. The Kier molecular flexibility index (Phi) is 8.91. The van der Waals surface area contributed by atoms with E-state index in [0.29, 0.717) is 74.5 Å². The summed E-state index contributed by atoms with van der Waals surface area (Å²) in [5, 5.41) is 0. The average Bonchev–Trinajstić information content (AvgIpc) is 3.03. The molecule has 7 nitrogen and oxygen atoms in total. The van der Waals surface area contributed by atoms with Crippen LogP contribution in [0.3, 0.4) is 0 Å². The second kappa shape index (κ2) is 11.7. The quantitative estimate of drug-likeness (QED) is 0.543. The van der Waals surface area contributed by atoms with Crippen molar-refractivity contribution < 1.29 is 18.3 Å². The molecule has 0 aromatic carbocycles. The molecule has 0 unspecified atom stereocenters. The van der Waals surface area contributed by atoms with Crippen LogP contribution >= 0.6 is 0 Å². The van der Waals surface area contributed by atoms with Crippen LogP contribution in [0.25, 0.3) is 5.57 Å². The number of rotatable bonds is 9. The minimum atomic E-state index is -2.71. The van der Waals surface area contributed by atoms with Gasteiger partial charge in [-0.15, -0.1) is 0 Å². The number of methoxy groups -OCH3 is 1. The highest BCUT2D eigenvalue weighted by atomic mass is 19.3. The van der Waals surface area contributed by atoms with Gasteiger partial charge in [0.2, 0.25) is 5.95 Å². The van der Waals surface area contributed by atoms with Crippen molar-refractivity contribution in [2.75, 3.05) is 49.8 Å². The molecular weight excluding hydrogens is 428 g/mol. The number of anilines is 2. The van der Waals surface area contributed by atoms with Crippen molar-refractivity contribution in [1.82, 2.24) is 9.97 Å². The summed E-state index contributed by atoms with van der Waals surface area (Å²) in [7, 11) is 1.66. The number of aliphatic imine (C=N–C) groups is 1. The summed E-state index contributed by atoms with van der Waals surface area (Å²) < 4.78 is 39.2. The Morgan fingerprint density at radius 3 is 2.70 bits per heavy atom. The molecule has 1 aromatic heterocycles. The van der Waals surface area contributed by atoms with Crippen LogP contribution in [-0.4, -0.2) is 74.2 Å². The SMILES string of the molecule is CCC1=CCC=C(c2cc(N3CCOC[C@@H]3C)nc(N(CC)[C@@H](C)COC)n2)C(C(F)F)=N1. The molecule has 0 radical (unpaired) electrons. The Bertz CT molecular complexity index is 903. The van der Waals surface area contributed by atoms with Crippen molar-refractivity contribution in [1.29, 1.82) is 0 Å². The lowest BCUT2D eigenvalue weighted by Crippen LogP contribution is -2.44. The van der Waals surface area contributed by atoms with Crippen LogP contribution in [0.2, 0.25) is 0 Å². The standard InChI is InChI=1S/C24H35F2N5O2/c1-6-18-9-8-10-19(22(27-18)23(25)26)20-13-21(31-11-12-33-15-17(31)4)29-24(28-20)30(7-2)16(3)14-32-5/h9-10,13,16-17,23H,6-8,11-12,14-15H2,1-5H3/t16-,17-/m0/s1. The zero-order chi connectivity index (χ0) is 24.0. The number of nitrogens with zero attached hydrogens (tertiary/aromatic N) is 5. The molecule has 33 heavy (non-hydrogen) atoms. The third-order valence-corrected chi connectivity index (χ3v) is 5.96. The predicted molar refractivity (Wildman–Crippen MR) is 128 cm³/mol. The highest BCUT2D eigenvalue weighted by Crippen LogP contribution is 2.30. The fraction of sp³-hybridized carbons (Fsp3) is 0.625. The van der Waals surface area contributed by atoms with E-state index in [1.165, 1.54) is 0 Å². The number of alkyl halides is 2. The molecule has 0 saturated carbocycles. The third kappa shape index (κ3) is 5.95. The van der Waals surface area contributed by atoms with E-state index >= 15 is 0 Å². The molecule has 0 aliphatic carbocycles. The fourth-order valence-corrected chi connectivity index (χ4v) is 4.19. The van der Waals surface area contributed by atoms with Crippen molar-refractivity contribution in [2.24, 2.45) is 4.99 Å². The first-order chi connectivity index (χ1) is 15.9. The highest BCUT2D eigenvalue weighted by Gasteiger charge is 2.28. The average molecular weight is 464 g/mol. The Morgan fingerprint density at radius 2 is 2.06 bits per heavy atom. The molecule has 2 atom stereocenters. The molecule has 2 aliphatic heterocycles. The van der Waals surface area contributed by atoms with Gasteiger partial charge >= 0.3 is 0 Å². The smallest absolute Gasteiger partial charge is 0.281 e. The molecule has 0 bridgehead atoms. The van der Waals surface area contributed by atoms with E-state index < -0.39 is 6.43 Å². The van der Waals surface area contributed by atoms with Gasteiger partial charge in [0, 0.05) is 37.5 Å². The van der Waals surface area contributed by atoms with E-state index in [4.69, 9.17) is 19.4 Å². The van der Waals surface area contributed by atoms with E-state index in [-0.39, 0.29) is 17.8 Å². The maximum atomic E-state index is 14.1. The monoisotopic (exact) mass is 463 g/mol. The van der Waals surface area contributed by atoms with Crippen LogP contribution in [0.4, 0.5) is 20.5 Å². The lowest BCUT2D eigenvalue weighted by molar-refractivity contribution is 0.0985. The van der Waals surface area contributed by atoms with Crippen molar-refractivity contribution >= 4 is 23.1 Å². The van der Waals surface area contributed by atoms with Crippen LogP contribution in [-0.2, 0) is 9.47 Å². The lowest BCUT2D eigenvalue weighted by Gasteiger charge is -2.35. The first-order valence-electron chi connectivity index (χ1n) is 11.6. The Balaban J connectivity index is 2.13. The number of morpholine rings is 1. The topological polar surface area (TPSA) is 63.1 Å². The van der Waals surface area contributed by atoms with Gasteiger partial charge in [0.25, 0.3) is 6.43 Å². The maximum Gasteiger partial charge on any atom is 0.281 e. The van der Waals surface area contributed by atoms with Crippen molar-refractivity contribution in [3.05, 3.63) is 29.6 Å². The predicted octanol–water partition coefficient (Wildman–Crippen LogP) is 4.35. The number of allylic oxidation sites excluding steroid dienone is 4. The Hall–Kier alpha value is -2.39. The minimum Gasteiger partial charge on any atom is -0.383 e. The summed E-state index contributed by atoms with van der Waals surface area (Å²) in [4.78, 5) is 18.1.